The van der Waals surface area contributed by atoms with Crippen LogP contribution in [0.15, 0.2) is 18.2 Å². The summed E-state index contributed by atoms with van der Waals surface area (Å²) in [6, 6.07) is 3.50. The molecule has 1 aromatic carbocycles. The smallest absolute Gasteiger partial charge is 0.346 e. The van der Waals surface area contributed by atoms with Crippen molar-refractivity contribution in [3.8, 4) is 5.75 Å². The highest BCUT2D eigenvalue weighted by molar-refractivity contribution is 5.76. The maximum atomic E-state index is 13.0. The van der Waals surface area contributed by atoms with E-state index in [1.165, 1.54) is 20.1 Å². The molecule has 1 aromatic rings. The molecule has 0 aliphatic rings. The van der Waals surface area contributed by atoms with E-state index in [4.69, 9.17) is 4.74 Å². The molecule has 0 spiro atoms. The Bertz CT molecular complexity index is 403. The lowest BCUT2D eigenvalue weighted by Crippen LogP contribution is -2.24. The van der Waals surface area contributed by atoms with Crippen LogP contribution in [-0.2, 0) is 9.53 Å². The first-order valence-corrected chi connectivity index (χ1v) is 4.57. The van der Waals surface area contributed by atoms with Crippen LogP contribution in [0.1, 0.15) is 17.3 Å². The Morgan fingerprint density at radius 3 is 2.69 bits per heavy atom. The first-order valence-electron chi connectivity index (χ1n) is 4.57. The minimum atomic E-state index is -0.855. The van der Waals surface area contributed by atoms with E-state index in [-0.39, 0.29) is 11.3 Å². The lowest BCUT2D eigenvalue weighted by Gasteiger charge is -2.12. The summed E-state index contributed by atoms with van der Waals surface area (Å²) in [4.78, 5) is 21.5. The van der Waals surface area contributed by atoms with Crippen LogP contribution < -0.4 is 4.74 Å². The van der Waals surface area contributed by atoms with Gasteiger partial charge in [-0.3, -0.25) is 4.79 Å². The van der Waals surface area contributed by atoms with Crippen LogP contribution in [0.25, 0.3) is 0 Å². The second-order valence-corrected chi connectivity index (χ2v) is 3.12. The molecule has 0 aliphatic heterocycles. The van der Waals surface area contributed by atoms with Gasteiger partial charge < -0.3 is 9.47 Å². The number of hydrogen-bond acceptors (Lipinski definition) is 4. The van der Waals surface area contributed by atoms with Gasteiger partial charge in [-0.15, -0.1) is 0 Å². The van der Waals surface area contributed by atoms with Crippen LogP contribution in [-0.4, -0.2) is 25.5 Å². The minimum absolute atomic E-state index is 0.111. The number of ether oxygens (including phenoxy) is 2. The van der Waals surface area contributed by atoms with Gasteiger partial charge in [0.25, 0.3) is 0 Å². The van der Waals surface area contributed by atoms with E-state index in [1.807, 2.05) is 0 Å². The zero-order valence-corrected chi connectivity index (χ0v) is 8.90. The third-order valence-corrected chi connectivity index (χ3v) is 1.88. The van der Waals surface area contributed by atoms with Gasteiger partial charge in [0, 0.05) is 11.6 Å². The van der Waals surface area contributed by atoms with Gasteiger partial charge in [0.1, 0.15) is 17.9 Å². The molecule has 0 saturated carbocycles. The lowest BCUT2D eigenvalue weighted by molar-refractivity contribution is -0.147. The molecule has 0 aliphatic carbocycles. The maximum absolute atomic E-state index is 13.0. The number of halogens is 1. The molecule has 0 fully saturated rings. The van der Waals surface area contributed by atoms with E-state index in [2.05, 4.69) is 4.74 Å². The molecule has 4 nitrogen and oxygen atoms in total. The van der Waals surface area contributed by atoms with Crippen LogP contribution in [0.5, 0.6) is 5.75 Å². The number of methoxy groups -OCH3 is 1. The molecule has 0 N–H and O–H groups in total. The minimum Gasteiger partial charge on any atom is -0.479 e. The first kappa shape index (κ1) is 12.2. The Balaban J connectivity index is 2.84. The summed E-state index contributed by atoms with van der Waals surface area (Å²) < 4.78 is 22.6. The average molecular weight is 226 g/mol. The fraction of sp³-hybridized carbons (Fsp3) is 0.273. The van der Waals surface area contributed by atoms with Gasteiger partial charge in [-0.25, -0.2) is 9.18 Å². The first-order chi connectivity index (χ1) is 7.56. The van der Waals surface area contributed by atoms with E-state index < -0.39 is 17.9 Å². The van der Waals surface area contributed by atoms with E-state index in [9.17, 15) is 14.0 Å². The summed E-state index contributed by atoms with van der Waals surface area (Å²) in [5.41, 5.74) is 0.145. The summed E-state index contributed by atoms with van der Waals surface area (Å²) >= 11 is 0. The quantitative estimate of drug-likeness (QED) is 0.577. The van der Waals surface area contributed by atoms with Gasteiger partial charge in [0.2, 0.25) is 0 Å². The lowest BCUT2D eigenvalue weighted by atomic mass is 10.2. The molecule has 0 unspecified atom stereocenters. The Morgan fingerprint density at radius 2 is 2.12 bits per heavy atom. The number of carbonyl (C=O) groups excluding carboxylic acids is 2. The third kappa shape index (κ3) is 3.05. The highest BCUT2D eigenvalue weighted by Gasteiger charge is 2.15. The molecular weight excluding hydrogens is 215 g/mol. The molecular formula is C11H11FO4. The standard InChI is InChI=1S/C11H11FO4/c1-7(11(14)15-2)16-10-4-8(6-13)3-9(12)5-10/h3-7H,1-2H3/t7-/m0/s1. The number of hydrogen-bond donors (Lipinski definition) is 0. The molecule has 1 atom stereocenters. The molecule has 1 rings (SSSR count). The summed E-state index contributed by atoms with van der Waals surface area (Å²) in [5, 5.41) is 0. The summed E-state index contributed by atoms with van der Waals surface area (Å²) in [5.74, 6) is -1.06. The molecule has 0 amide bonds. The highest BCUT2D eigenvalue weighted by atomic mass is 19.1. The van der Waals surface area contributed by atoms with Crippen molar-refractivity contribution in [2.75, 3.05) is 7.11 Å². The predicted octanol–water partition coefficient (Wildman–Crippen LogP) is 1.58. The SMILES string of the molecule is COC(=O)[C@H](C)Oc1cc(F)cc(C=O)c1. The van der Waals surface area contributed by atoms with Gasteiger partial charge >= 0.3 is 5.97 Å². The van der Waals surface area contributed by atoms with E-state index in [0.29, 0.717) is 6.29 Å². The fourth-order valence-electron chi connectivity index (χ4n) is 1.14. The van der Waals surface area contributed by atoms with Crippen LogP contribution in [0.4, 0.5) is 4.39 Å². The second kappa shape index (κ2) is 5.25. The molecule has 0 heterocycles. The van der Waals surface area contributed by atoms with Crippen molar-refractivity contribution in [1.29, 1.82) is 0 Å². The van der Waals surface area contributed by atoms with Crippen LogP contribution >= 0.6 is 0 Å². The van der Waals surface area contributed by atoms with Crippen LogP contribution in [0.3, 0.4) is 0 Å². The van der Waals surface area contributed by atoms with Crippen LogP contribution in [0, 0.1) is 5.82 Å². The van der Waals surface area contributed by atoms with Crippen molar-refractivity contribution in [2.24, 2.45) is 0 Å². The average Bonchev–Trinajstić information content (AvgIpc) is 2.26. The Hall–Kier alpha value is -1.91. The van der Waals surface area contributed by atoms with Gasteiger partial charge in [-0.1, -0.05) is 0 Å². The highest BCUT2D eigenvalue weighted by Crippen LogP contribution is 2.17. The van der Waals surface area contributed by atoms with Crippen molar-refractivity contribution in [3.63, 3.8) is 0 Å². The number of esters is 1. The summed E-state index contributed by atoms with van der Waals surface area (Å²) in [7, 11) is 1.23. The van der Waals surface area contributed by atoms with Gasteiger partial charge in [-0.2, -0.15) is 0 Å². The van der Waals surface area contributed by atoms with E-state index in [0.717, 1.165) is 12.1 Å². The molecule has 0 aromatic heterocycles. The largest absolute Gasteiger partial charge is 0.479 e. The van der Waals surface area contributed by atoms with Crippen molar-refractivity contribution in [2.45, 2.75) is 13.0 Å². The normalized spacial score (nSPS) is 11.7. The zero-order chi connectivity index (χ0) is 12.1. The monoisotopic (exact) mass is 226 g/mol. The van der Waals surface area contributed by atoms with Crippen molar-refractivity contribution < 1.29 is 23.5 Å². The Morgan fingerprint density at radius 1 is 1.44 bits per heavy atom. The molecule has 16 heavy (non-hydrogen) atoms. The third-order valence-electron chi connectivity index (χ3n) is 1.88. The maximum Gasteiger partial charge on any atom is 0.346 e. The number of aldehydes is 1. The van der Waals surface area contributed by atoms with E-state index >= 15 is 0 Å². The van der Waals surface area contributed by atoms with Crippen molar-refractivity contribution in [3.05, 3.63) is 29.6 Å². The molecule has 0 radical (unpaired) electrons. The Labute approximate surface area is 92.0 Å². The number of rotatable bonds is 4. The van der Waals surface area contributed by atoms with Crippen LogP contribution in [0.2, 0.25) is 0 Å². The summed E-state index contributed by atoms with van der Waals surface area (Å²) in [6.45, 7) is 1.47. The van der Waals surface area contributed by atoms with Crippen molar-refractivity contribution >= 4 is 12.3 Å². The molecule has 86 valence electrons. The van der Waals surface area contributed by atoms with Gasteiger partial charge in [0.05, 0.1) is 7.11 Å². The summed E-state index contributed by atoms with van der Waals surface area (Å²) in [6.07, 6.45) is -0.357. The molecule has 0 bridgehead atoms. The zero-order valence-electron chi connectivity index (χ0n) is 8.90. The van der Waals surface area contributed by atoms with Crippen molar-refractivity contribution in [1.82, 2.24) is 0 Å². The van der Waals surface area contributed by atoms with Gasteiger partial charge in [-0.05, 0) is 19.1 Å². The second-order valence-electron chi connectivity index (χ2n) is 3.12. The Kier molecular flexibility index (Phi) is 3.99. The fourth-order valence-corrected chi connectivity index (χ4v) is 1.14. The van der Waals surface area contributed by atoms with E-state index in [1.54, 1.807) is 0 Å². The molecule has 0 saturated heterocycles. The molecule has 5 heteroatoms. The van der Waals surface area contributed by atoms with Gasteiger partial charge in [0.15, 0.2) is 6.10 Å². The number of benzene rings is 1. The number of carbonyl (C=O) groups is 2. The predicted molar refractivity (Wildman–Crippen MR) is 53.9 cm³/mol. The topological polar surface area (TPSA) is 52.6 Å².